The molecule has 1 aliphatic carbocycles. The molecule has 0 saturated heterocycles. The first-order valence-corrected chi connectivity index (χ1v) is 7.65. The highest BCUT2D eigenvalue weighted by molar-refractivity contribution is 7.89. The predicted octanol–water partition coefficient (Wildman–Crippen LogP) is 1.19. The van der Waals surface area contributed by atoms with Crippen LogP contribution in [0.15, 0.2) is 5.16 Å². The Hall–Kier alpha value is -0.950. The average molecular weight is 272 g/mol. The summed E-state index contributed by atoms with van der Waals surface area (Å²) in [6.07, 6.45) is 2.34. The van der Waals surface area contributed by atoms with Gasteiger partial charge in [-0.3, -0.25) is 4.57 Å². The van der Waals surface area contributed by atoms with Crippen LogP contribution < -0.4 is 5.14 Å². The lowest BCUT2D eigenvalue weighted by Crippen LogP contribution is -2.30. The molecule has 0 spiro atoms. The number of nitrogens with zero attached hydrogens (tertiary/aromatic N) is 3. The van der Waals surface area contributed by atoms with E-state index < -0.39 is 15.6 Å². The molecular formula is C11H20N4O2S. The molecule has 1 aromatic heterocycles. The zero-order chi connectivity index (χ0) is 13.7. The summed E-state index contributed by atoms with van der Waals surface area (Å²) >= 11 is 0. The first-order chi connectivity index (χ1) is 8.12. The number of hydrogen-bond donors (Lipinski definition) is 1. The van der Waals surface area contributed by atoms with E-state index in [1.54, 1.807) is 4.57 Å². The lowest BCUT2D eigenvalue weighted by Gasteiger charge is -2.26. The van der Waals surface area contributed by atoms with Gasteiger partial charge in [-0.15, -0.1) is 10.2 Å². The Morgan fingerprint density at radius 1 is 1.33 bits per heavy atom. The SMILES string of the molecule is CC(c1nnc(S(N)(=O)=O)n1C(C)(C)C)C1CC1. The zero-order valence-electron chi connectivity index (χ0n) is 11.2. The van der Waals surface area contributed by atoms with Crippen LogP contribution in [0.5, 0.6) is 0 Å². The fourth-order valence-corrected chi connectivity index (χ4v) is 2.97. The van der Waals surface area contributed by atoms with Crippen LogP contribution in [0.25, 0.3) is 0 Å². The second-order valence-electron chi connectivity index (χ2n) is 6.02. The zero-order valence-corrected chi connectivity index (χ0v) is 12.0. The Labute approximate surface area is 108 Å². The standard InChI is InChI=1S/C11H20N4O2S/c1-7(8-5-6-8)9-13-14-10(18(12,16)17)15(9)11(2,3)4/h7-8H,5-6H2,1-4H3,(H2,12,16,17). The third kappa shape index (κ3) is 2.42. The van der Waals surface area contributed by atoms with Crippen LogP contribution in [0.3, 0.4) is 0 Å². The molecule has 1 heterocycles. The molecule has 6 nitrogen and oxygen atoms in total. The number of aromatic nitrogens is 3. The first-order valence-electron chi connectivity index (χ1n) is 6.11. The molecule has 2 rings (SSSR count). The van der Waals surface area contributed by atoms with Crippen LogP contribution in [0.2, 0.25) is 0 Å². The second-order valence-corrected chi connectivity index (χ2v) is 7.47. The van der Waals surface area contributed by atoms with Gasteiger partial charge in [0.25, 0.3) is 15.2 Å². The van der Waals surface area contributed by atoms with E-state index in [2.05, 4.69) is 17.1 Å². The van der Waals surface area contributed by atoms with E-state index in [1.807, 2.05) is 20.8 Å². The third-order valence-electron chi connectivity index (χ3n) is 3.32. The van der Waals surface area contributed by atoms with Gasteiger partial charge >= 0.3 is 0 Å². The lowest BCUT2D eigenvalue weighted by atomic mass is 10.0. The number of nitrogens with two attached hydrogens (primary N) is 1. The van der Waals surface area contributed by atoms with Crippen molar-refractivity contribution in [2.45, 2.75) is 57.1 Å². The Morgan fingerprint density at radius 3 is 2.28 bits per heavy atom. The van der Waals surface area contributed by atoms with Gasteiger partial charge in [-0.2, -0.15) is 0 Å². The lowest BCUT2D eigenvalue weighted by molar-refractivity contribution is 0.339. The summed E-state index contributed by atoms with van der Waals surface area (Å²) in [5, 5.41) is 12.9. The molecule has 1 atom stereocenters. The maximum absolute atomic E-state index is 11.6. The third-order valence-corrected chi connectivity index (χ3v) is 4.09. The molecular weight excluding hydrogens is 252 g/mol. The molecule has 1 saturated carbocycles. The van der Waals surface area contributed by atoms with Crippen LogP contribution in [0.1, 0.15) is 52.3 Å². The first kappa shape index (κ1) is 13.5. The highest BCUT2D eigenvalue weighted by atomic mass is 32.2. The summed E-state index contributed by atoms with van der Waals surface area (Å²) in [6, 6.07) is 0. The summed E-state index contributed by atoms with van der Waals surface area (Å²) in [6.45, 7) is 7.84. The Balaban J connectivity index is 2.58. The fourth-order valence-electron chi connectivity index (χ4n) is 2.20. The topological polar surface area (TPSA) is 90.9 Å². The molecule has 1 unspecified atom stereocenters. The molecule has 1 aliphatic rings. The smallest absolute Gasteiger partial charge is 0.273 e. The summed E-state index contributed by atoms with van der Waals surface area (Å²) in [5.74, 6) is 1.52. The van der Waals surface area contributed by atoms with Gasteiger partial charge in [-0.25, -0.2) is 13.6 Å². The molecule has 1 aromatic rings. The van der Waals surface area contributed by atoms with E-state index in [0.29, 0.717) is 11.7 Å². The molecule has 102 valence electrons. The van der Waals surface area contributed by atoms with Crippen molar-refractivity contribution >= 4 is 10.0 Å². The molecule has 0 radical (unpaired) electrons. The molecule has 7 heteroatoms. The van der Waals surface area contributed by atoms with Gasteiger partial charge in [0.1, 0.15) is 5.82 Å². The van der Waals surface area contributed by atoms with Gasteiger partial charge in [-0.05, 0) is 39.5 Å². The van der Waals surface area contributed by atoms with Crippen molar-refractivity contribution < 1.29 is 8.42 Å². The minimum atomic E-state index is -3.85. The van der Waals surface area contributed by atoms with Gasteiger partial charge in [-0.1, -0.05) is 6.92 Å². The van der Waals surface area contributed by atoms with E-state index in [1.165, 1.54) is 12.8 Å². The number of primary sulfonamides is 1. The van der Waals surface area contributed by atoms with Crippen molar-refractivity contribution in [3.8, 4) is 0 Å². The van der Waals surface area contributed by atoms with E-state index in [-0.39, 0.29) is 11.1 Å². The van der Waals surface area contributed by atoms with E-state index in [0.717, 1.165) is 0 Å². The Morgan fingerprint density at radius 2 is 1.89 bits per heavy atom. The number of sulfonamides is 1. The highest BCUT2D eigenvalue weighted by Gasteiger charge is 2.36. The summed E-state index contributed by atoms with van der Waals surface area (Å²) in [5.41, 5.74) is -0.413. The highest BCUT2D eigenvalue weighted by Crippen LogP contribution is 2.42. The molecule has 1 fully saturated rings. The van der Waals surface area contributed by atoms with Crippen molar-refractivity contribution in [3.05, 3.63) is 5.82 Å². The summed E-state index contributed by atoms with van der Waals surface area (Å²) in [4.78, 5) is 0. The number of hydrogen-bond acceptors (Lipinski definition) is 4. The van der Waals surface area contributed by atoms with Gasteiger partial charge in [0.05, 0.1) is 0 Å². The largest absolute Gasteiger partial charge is 0.295 e. The quantitative estimate of drug-likeness (QED) is 0.894. The molecule has 0 bridgehead atoms. The van der Waals surface area contributed by atoms with Gasteiger partial charge < -0.3 is 0 Å². The second kappa shape index (κ2) is 4.03. The molecule has 0 aromatic carbocycles. The van der Waals surface area contributed by atoms with Gasteiger partial charge in [0.15, 0.2) is 0 Å². The fraction of sp³-hybridized carbons (Fsp3) is 0.818. The molecule has 0 amide bonds. The van der Waals surface area contributed by atoms with E-state index >= 15 is 0 Å². The minimum Gasteiger partial charge on any atom is -0.295 e. The summed E-state index contributed by atoms with van der Waals surface area (Å²) in [7, 11) is -3.85. The van der Waals surface area contributed by atoms with Crippen LogP contribution in [-0.4, -0.2) is 23.2 Å². The van der Waals surface area contributed by atoms with Crippen molar-refractivity contribution in [2.75, 3.05) is 0 Å². The van der Waals surface area contributed by atoms with Crippen molar-refractivity contribution in [3.63, 3.8) is 0 Å². The van der Waals surface area contributed by atoms with Crippen molar-refractivity contribution in [1.82, 2.24) is 14.8 Å². The molecule has 2 N–H and O–H groups in total. The normalized spacial score (nSPS) is 18.9. The van der Waals surface area contributed by atoms with Crippen molar-refractivity contribution in [1.29, 1.82) is 0 Å². The monoisotopic (exact) mass is 272 g/mol. The minimum absolute atomic E-state index is 0.141. The van der Waals surface area contributed by atoms with Crippen LogP contribution in [0.4, 0.5) is 0 Å². The predicted molar refractivity (Wildman–Crippen MR) is 67.5 cm³/mol. The van der Waals surface area contributed by atoms with Crippen LogP contribution in [0, 0.1) is 5.92 Å². The van der Waals surface area contributed by atoms with Gasteiger partial charge in [0, 0.05) is 11.5 Å². The average Bonchev–Trinajstić information content (AvgIpc) is 2.90. The maximum atomic E-state index is 11.6. The van der Waals surface area contributed by atoms with E-state index in [4.69, 9.17) is 5.14 Å². The summed E-state index contributed by atoms with van der Waals surface area (Å²) < 4.78 is 24.8. The molecule has 18 heavy (non-hydrogen) atoms. The maximum Gasteiger partial charge on any atom is 0.273 e. The van der Waals surface area contributed by atoms with Gasteiger partial charge in [0.2, 0.25) is 0 Å². The van der Waals surface area contributed by atoms with Crippen LogP contribution in [-0.2, 0) is 15.6 Å². The van der Waals surface area contributed by atoms with Crippen molar-refractivity contribution in [2.24, 2.45) is 11.1 Å². The molecule has 0 aliphatic heterocycles. The number of rotatable bonds is 3. The Kier molecular flexibility index (Phi) is 3.02. The van der Waals surface area contributed by atoms with E-state index in [9.17, 15) is 8.42 Å². The Bertz CT molecular complexity index is 552. The van der Waals surface area contributed by atoms with Crippen LogP contribution >= 0.6 is 0 Å².